The molecule has 2 N–H and O–H groups in total. The van der Waals surface area contributed by atoms with Crippen LogP contribution in [0.25, 0.3) is 0 Å². The Labute approximate surface area is 170 Å². The van der Waals surface area contributed by atoms with Crippen molar-refractivity contribution in [3.05, 3.63) is 83.2 Å². The highest BCUT2D eigenvalue weighted by atomic mass is 16.2. The van der Waals surface area contributed by atoms with Crippen molar-refractivity contribution >= 4 is 23.3 Å². The first-order chi connectivity index (χ1) is 14.0. The molecule has 0 unspecified atom stereocenters. The minimum absolute atomic E-state index is 0.0547. The molecule has 0 saturated carbocycles. The van der Waals surface area contributed by atoms with Crippen molar-refractivity contribution in [1.29, 1.82) is 0 Å². The smallest absolute Gasteiger partial charge is 0.274 e. The molecule has 148 valence electrons. The largest absolute Gasteiger partial charge is 0.354 e. The molecule has 6 heteroatoms. The summed E-state index contributed by atoms with van der Waals surface area (Å²) in [6.45, 7) is 4.02. The fourth-order valence-electron chi connectivity index (χ4n) is 2.91. The van der Waals surface area contributed by atoms with Crippen molar-refractivity contribution in [3.8, 4) is 0 Å². The van der Waals surface area contributed by atoms with Gasteiger partial charge in [0.15, 0.2) is 5.78 Å². The summed E-state index contributed by atoms with van der Waals surface area (Å²) in [4.78, 5) is 32.8. The van der Waals surface area contributed by atoms with Crippen LogP contribution in [0.15, 0.2) is 60.7 Å². The highest BCUT2D eigenvalue weighted by Crippen LogP contribution is 2.13. The van der Waals surface area contributed by atoms with Gasteiger partial charge >= 0.3 is 0 Å². The minimum Gasteiger partial charge on any atom is -0.354 e. The van der Waals surface area contributed by atoms with E-state index in [9.17, 15) is 9.59 Å². The number of nitrogens with zero attached hydrogens (tertiary/aromatic N) is 2. The number of hydrogen-bond acceptors (Lipinski definition) is 5. The summed E-state index contributed by atoms with van der Waals surface area (Å²) < 4.78 is 0. The van der Waals surface area contributed by atoms with Crippen LogP contribution >= 0.6 is 0 Å². The lowest BCUT2D eigenvalue weighted by Crippen LogP contribution is -2.16. The van der Waals surface area contributed by atoms with E-state index in [1.54, 1.807) is 30.3 Å². The van der Waals surface area contributed by atoms with Gasteiger partial charge in [-0.3, -0.25) is 9.59 Å². The Hall–Kier alpha value is -3.54. The summed E-state index contributed by atoms with van der Waals surface area (Å²) in [5.41, 5.74) is 3.36. The van der Waals surface area contributed by atoms with Gasteiger partial charge in [0, 0.05) is 23.5 Å². The van der Waals surface area contributed by atoms with Crippen molar-refractivity contribution < 1.29 is 9.59 Å². The minimum atomic E-state index is -0.344. The molecule has 0 saturated heterocycles. The van der Waals surface area contributed by atoms with E-state index >= 15 is 0 Å². The standard InChI is InChI=1S/C23H24N4O2/c1-16-14-21(22(29)26-20-12-6-11-19(15-20)17(2)28)27-23(25-16)24-13-7-10-18-8-4-3-5-9-18/h3-6,8-9,11-12,14-15H,7,10,13H2,1-2H3,(H,26,29)(H,24,25,27). The van der Waals surface area contributed by atoms with Crippen LogP contribution in [0, 0.1) is 6.92 Å². The number of ketones is 1. The molecule has 0 aliphatic rings. The number of carbonyl (C=O) groups excluding carboxylic acids is 2. The summed E-state index contributed by atoms with van der Waals surface area (Å²) in [5.74, 6) is 0.0326. The highest BCUT2D eigenvalue weighted by molar-refractivity contribution is 6.04. The number of carbonyl (C=O) groups is 2. The Morgan fingerprint density at radius 2 is 1.76 bits per heavy atom. The number of nitrogens with one attached hydrogen (secondary N) is 2. The molecule has 3 rings (SSSR count). The lowest BCUT2D eigenvalue weighted by Gasteiger charge is -2.09. The zero-order valence-corrected chi connectivity index (χ0v) is 16.6. The van der Waals surface area contributed by atoms with Gasteiger partial charge in [-0.25, -0.2) is 9.97 Å². The predicted molar refractivity (Wildman–Crippen MR) is 114 cm³/mol. The third-order valence-electron chi connectivity index (χ3n) is 4.38. The van der Waals surface area contributed by atoms with E-state index in [4.69, 9.17) is 0 Å². The Balaban J connectivity index is 1.61. The first-order valence-corrected chi connectivity index (χ1v) is 9.57. The van der Waals surface area contributed by atoms with E-state index in [1.165, 1.54) is 12.5 Å². The first kappa shape index (κ1) is 20.2. The molecule has 1 aromatic heterocycles. The van der Waals surface area contributed by atoms with Gasteiger partial charge in [-0.1, -0.05) is 42.5 Å². The normalized spacial score (nSPS) is 10.4. The number of Topliss-reactive ketones (excluding diaryl/α,β-unsaturated/α-hetero) is 1. The second-order valence-electron chi connectivity index (χ2n) is 6.83. The number of hydrogen-bond donors (Lipinski definition) is 2. The third-order valence-corrected chi connectivity index (χ3v) is 4.38. The van der Waals surface area contributed by atoms with E-state index in [-0.39, 0.29) is 17.4 Å². The lowest BCUT2D eigenvalue weighted by atomic mass is 10.1. The Morgan fingerprint density at radius 1 is 0.966 bits per heavy atom. The molecule has 0 atom stereocenters. The molecule has 0 fully saturated rings. The van der Waals surface area contributed by atoms with Gasteiger partial charge in [0.05, 0.1) is 0 Å². The summed E-state index contributed by atoms with van der Waals surface area (Å²) in [6.07, 6.45) is 1.89. The molecule has 3 aromatic rings. The van der Waals surface area contributed by atoms with Gasteiger partial charge in [-0.05, 0) is 50.5 Å². The van der Waals surface area contributed by atoms with Gasteiger partial charge in [0.1, 0.15) is 5.69 Å². The topological polar surface area (TPSA) is 84.0 Å². The fourth-order valence-corrected chi connectivity index (χ4v) is 2.91. The SMILES string of the molecule is CC(=O)c1cccc(NC(=O)c2cc(C)nc(NCCCc3ccccc3)n2)c1. The summed E-state index contributed by atoms with van der Waals surface area (Å²) in [5, 5.41) is 5.98. The molecule has 0 radical (unpaired) electrons. The van der Waals surface area contributed by atoms with Crippen LogP contribution in [0.4, 0.5) is 11.6 Å². The van der Waals surface area contributed by atoms with Crippen molar-refractivity contribution in [2.45, 2.75) is 26.7 Å². The van der Waals surface area contributed by atoms with Crippen molar-refractivity contribution in [3.63, 3.8) is 0 Å². The van der Waals surface area contributed by atoms with Gasteiger partial charge in [-0.15, -0.1) is 0 Å². The lowest BCUT2D eigenvalue weighted by molar-refractivity contribution is 0.100. The van der Waals surface area contributed by atoms with Crippen molar-refractivity contribution in [2.24, 2.45) is 0 Å². The molecule has 0 bridgehead atoms. The number of rotatable bonds is 8. The molecule has 0 aliphatic carbocycles. The molecule has 6 nitrogen and oxygen atoms in total. The third kappa shape index (κ3) is 5.97. The van der Waals surface area contributed by atoms with E-state index in [2.05, 4.69) is 32.7 Å². The van der Waals surface area contributed by atoms with Crippen LogP contribution in [0.1, 0.15) is 45.4 Å². The number of amides is 1. The maximum Gasteiger partial charge on any atom is 0.274 e. The Bertz CT molecular complexity index is 1000. The maximum atomic E-state index is 12.6. The molecule has 1 amide bonds. The Kier molecular flexibility index (Phi) is 6.68. The van der Waals surface area contributed by atoms with Gasteiger partial charge in [0.25, 0.3) is 5.91 Å². The van der Waals surface area contributed by atoms with Crippen LogP contribution in [0.2, 0.25) is 0 Å². The average molecular weight is 388 g/mol. The van der Waals surface area contributed by atoms with E-state index in [0.29, 0.717) is 29.4 Å². The number of benzene rings is 2. The van der Waals surface area contributed by atoms with Gasteiger partial charge < -0.3 is 10.6 Å². The maximum absolute atomic E-state index is 12.6. The molecule has 1 heterocycles. The first-order valence-electron chi connectivity index (χ1n) is 9.57. The quantitative estimate of drug-likeness (QED) is 0.444. The van der Waals surface area contributed by atoms with Crippen LogP contribution in [0.3, 0.4) is 0 Å². The zero-order chi connectivity index (χ0) is 20.6. The monoisotopic (exact) mass is 388 g/mol. The number of aromatic nitrogens is 2. The van der Waals surface area contributed by atoms with Crippen molar-refractivity contribution in [2.75, 3.05) is 17.2 Å². The van der Waals surface area contributed by atoms with E-state index < -0.39 is 0 Å². The number of aryl methyl sites for hydroxylation is 2. The average Bonchev–Trinajstić information content (AvgIpc) is 2.72. The summed E-state index contributed by atoms with van der Waals surface area (Å²) in [6, 6.07) is 18.7. The molecule has 0 aliphatic heterocycles. The fraction of sp³-hybridized carbons (Fsp3) is 0.217. The van der Waals surface area contributed by atoms with E-state index in [1.807, 2.05) is 25.1 Å². The zero-order valence-electron chi connectivity index (χ0n) is 16.6. The summed E-state index contributed by atoms with van der Waals surface area (Å²) >= 11 is 0. The van der Waals surface area contributed by atoms with Crippen LogP contribution in [-0.4, -0.2) is 28.2 Å². The predicted octanol–water partition coefficient (Wildman–Crippen LogP) is 4.28. The molecule has 2 aromatic carbocycles. The second-order valence-corrected chi connectivity index (χ2v) is 6.83. The molecule has 0 spiro atoms. The molecule has 29 heavy (non-hydrogen) atoms. The van der Waals surface area contributed by atoms with E-state index in [0.717, 1.165) is 12.8 Å². The van der Waals surface area contributed by atoms with Crippen molar-refractivity contribution in [1.82, 2.24) is 9.97 Å². The van der Waals surface area contributed by atoms with Gasteiger partial charge in [0.2, 0.25) is 5.95 Å². The number of anilines is 2. The molecular formula is C23H24N4O2. The highest BCUT2D eigenvalue weighted by Gasteiger charge is 2.12. The Morgan fingerprint density at radius 3 is 2.52 bits per heavy atom. The van der Waals surface area contributed by atoms with Crippen LogP contribution < -0.4 is 10.6 Å². The van der Waals surface area contributed by atoms with Crippen LogP contribution in [-0.2, 0) is 6.42 Å². The molecular weight excluding hydrogens is 364 g/mol. The second kappa shape index (κ2) is 9.59. The summed E-state index contributed by atoms with van der Waals surface area (Å²) in [7, 11) is 0. The van der Waals surface area contributed by atoms with Crippen LogP contribution in [0.5, 0.6) is 0 Å². The van der Waals surface area contributed by atoms with Gasteiger partial charge in [-0.2, -0.15) is 0 Å².